The molecule has 11 rings (SSSR count). The Kier molecular flexibility index (Phi) is 5.97. The van der Waals surface area contributed by atoms with Crippen molar-refractivity contribution in [2.75, 3.05) is 0 Å². The SMILES string of the molecule is FC(F)(F)c1ccc2c(c1)c1cc(-c3ccc4scnc4c3)ccc1n2-c1ccc2oc3ccc(-n4c5ccccc5c5ccccc54)cc3c2c1. The van der Waals surface area contributed by atoms with Crippen LogP contribution in [0.1, 0.15) is 5.56 Å². The Balaban J connectivity index is 1.13. The molecule has 0 radical (unpaired) electrons. The average molecular weight is 700 g/mol. The maximum absolute atomic E-state index is 14.1. The summed E-state index contributed by atoms with van der Waals surface area (Å²) < 4.78 is 54.0. The van der Waals surface area contributed by atoms with Gasteiger partial charge in [-0.1, -0.05) is 48.5 Å². The van der Waals surface area contributed by atoms with Gasteiger partial charge < -0.3 is 13.6 Å². The van der Waals surface area contributed by atoms with E-state index in [-0.39, 0.29) is 0 Å². The smallest absolute Gasteiger partial charge is 0.416 e. The van der Waals surface area contributed by atoms with Crippen LogP contribution in [0.5, 0.6) is 0 Å². The molecule has 0 saturated carbocycles. The lowest BCUT2D eigenvalue weighted by atomic mass is 10.0. The highest BCUT2D eigenvalue weighted by Gasteiger charge is 2.31. The van der Waals surface area contributed by atoms with Crippen LogP contribution in [0, 0.1) is 0 Å². The van der Waals surface area contributed by atoms with E-state index in [1.165, 1.54) is 22.9 Å². The van der Waals surface area contributed by atoms with Crippen LogP contribution in [0.2, 0.25) is 0 Å². The number of benzene rings is 7. The van der Waals surface area contributed by atoms with E-state index in [9.17, 15) is 13.2 Å². The highest BCUT2D eigenvalue weighted by molar-refractivity contribution is 7.16. The largest absolute Gasteiger partial charge is 0.456 e. The molecule has 52 heavy (non-hydrogen) atoms. The lowest BCUT2D eigenvalue weighted by Gasteiger charge is -2.10. The summed E-state index contributed by atoms with van der Waals surface area (Å²) in [5.74, 6) is 0. The van der Waals surface area contributed by atoms with E-state index in [4.69, 9.17) is 4.42 Å². The molecule has 0 amide bonds. The Morgan fingerprint density at radius 2 is 1.06 bits per heavy atom. The predicted octanol–water partition coefficient (Wildman–Crippen LogP) is 13.1. The number of alkyl halides is 3. The normalized spacial score (nSPS) is 12.5. The minimum atomic E-state index is -4.47. The van der Waals surface area contributed by atoms with Crippen LogP contribution in [0.3, 0.4) is 0 Å². The van der Waals surface area contributed by atoms with Gasteiger partial charge in [-0.25, -0.2) is 4.98 Å². The van der Waals surface area contributed by atoms with Crippen molar-refractivity contribution in [2.45, 2.75) is 6.18 Å². The third-order valence-electron chi connectivity index (χ3n) is 10.3. The Morgan fingerprint density at radius 3 is 1.71 bits per heavy atom. The predicted molar refractivity (Wildman–Crippen MR) is 206 cm³/mol. The lowest BCUT2D eigenvalue weighted by molar-refractivity contribution is -0.137. The van der Waals surface area contributed by atoms with Gasteiger partial charge in [-0.3, -0.25) is 0 Å². The summed E-state index contributed by atoms with van der Waals surface area (Å²) in [6, 6.07) is 45.2. The van der Waals surface area contributed by atoms with Gasteiger partial charge in [0.2, 0.25) is 0 Å². The number of halogens is 3. The summed E-state index contributed by atoms with van der Waals surface area (Å²) in [4.78, 5) is 4.47. The second kappa shape index (κ2) is 10.6. The van der Waals surface area contributed by atoms with E-state index in [1.54, 1.807) is 17.4 Å². The summed E-state index contributed by atoms with van der Waals surface area (Å²) in [5.41, 5.74) is 11.0. The van der Waals surface area contributed by atoms with Gasteiger partial charge in [-0.15, -0.1) is 11.3 Å². The van der Waals surface area contributed by atoms with Crippen molar-refractivity contribution in [3.8, 4) is 22.5 Å². The van der Waals surface area contributed by atoms with Crippen molar-refractivity contribution in [2.24, 2.45) is 0 Å². The quantitative estimate of drug-likeness (QED) is 0.184. The fraction of sp³-hybridized carbons (Fsp3) is 0.0227. The Labute approximate surface area is 297 Å². The number of thiazole rings is 1. The van der Waals surface area contributed by atoms with E-state index >= 15 is 0 Å². The third kappa shape index (κ3) is 4.25. The first-order chi connectivity index (χ1) is 25.4. The van der Waals surface area contributed by atoms with Crippen molar-refractivity contribution in [1.82, 2.24) is 14.1 Å². The summed E-state index contributed by atoms with van der Waals surface area (Å²) in [5, 5.41) is 5.52. The molecule has 0 spiro atoms. The molecule has 0 fully saturated rings. The van der Waals surface area contributed by atoms with Gasteiger partial charge in [0, 0.05) is 43.7 Å². The first-order valence-electron chi connectivity index (χ1n) is 16.8. The van der Waals surface area contributed by atoms with Crippen LogP contribution in [0.15, 0.2) is 149 Å². The Hall–Kier alpha value is -6.38. The molecule has 4 aromatic heterocycles. The first kappa shape index (κ1) is 29.4. The van der Waals surface area contributed by atoms with Crippen LogP contribution in [-0.4, -0.2) is 14.1 Å². The molecule has 0 aliphatic rings. The molecule has 0 unspecified atom stereocenters. The zero-order valence-electron chi connectivity index (χ0n) is 27.1. The maximum atomic E-state index is 14.1. The molecule has 0 N–H and O–H groups in total. The molecule has 0 bridgehead atoms. The van der Waals surface area contributed by atoms with E-state index in [0.29, 0.717) is 10.9 Å². The standard InChI is InChI=1S/C44H24F3N3OS/c45-44(46,47)27-11-15-40-33(21-27)32-19-25(26-10-18-43-36(20-26)48-24-52-43)9-14-39(32)50(40)29-13-17-42-35(23-29)34-22-28(12-16-41(34)51-42)49-37-7-3-1-5-30(37)31-6-2-4-8-38(31)49/h1-24H. The molecule has 7 aromatic carbocycles. The number of aromatic nitrogens is 3. The molecule has 0 atom stereocenters. The molecular formula is C44H24F3N3OS. The second-order valence-electron chi connectivity index (χ2n) is 13.2. The number of rotatable bonds is 3. The number of nitrogens with zero attached hydrogens (tertiary/aromatic N) is 3. The van der Waals surface area contributed by atoms with Gasteiger partial charge in [-0.2, -0.15) is 13.2 Å². The van der Waals surface area contributed by atoms with Gasteiger partial charge in [0.15, 0.2) is 0 Å². The molecule has 0 aliphatic carbocycles. The minimum absolute atomic E-state index is 0.534. The number of hydrogen-bond donors (Lipinski definition) is 0. The monoisotopic (exact) mass is 699 g/mol. The molecule has 4 heterocycles. The Morgan fingerprint density at radius 1 is 0.500 bits per heavy atom. The molecule has 0 aliphatic heterocycles. The second-order valence-corrected chi connectivity index (χ2v) is 14.1. The number of para-hydroxylation sites is 2. The maximum Gasteiger partial charge on any atom is 0.416 e. The van der Waals surface area contributed by atoms with Crippen LogP contribution < -0.4 is 0 Å². The molecule has 248 valence electrons. The van der Waals surface area contributed by atoms with E-state index in [1.807, 2.05) is 64.7 Å². The average Bonchev–Trinajstić information content (AvgIpc) is 3.94. The van der Waals surface area contributed by atoms with Gasteiger partial charge in [0.1, 0.15) is 11.2 Å². The van der Waals surface area contributed by atoms with Crippen molar-refractivity contribution >= 4 is 87.1 Å². The van der Waals surface area contributed by atoms with Gasteiger partial charge in [0.05, 0.1) is 43.4 Å². The van der Waals surface area contributed by atoms with Crippen molar-refractivity contribution in [1.29, 1.82) is 0 Å². The molecule has 4 nitrogen and oxygen atoms in total. The Bertz CT molecular complexity index is 3200. The summed E-state index contributed by atoms with van der Waals surface area (Å²) in [6.45, 7) is 0. The summed E-state index contributed by atoms with van der Waals surface area (Å²) >= 11 is 1.57. The van der Waals surface area contributed by atoms with Gasteiger partial charge in [-0.05, 0) is 102 Å². The zero-order valence-corrected chi connectivity index (χ0v) is 28.0. The van der Waals surface area contributed by atoms with E-state index in [0.717, 1.165) is 76.6 Å². The van der Waals surface area contributed by atoms with Gasteiger partial charge in [0.25, 0.3) is 0 Å². The summed E-state index contributed by atoms with van der Waals surface area (Å²) in [7, 11) is 0. The van der Waals surface area contributed by atoms with Crippen LogP contribution >= 0.6 is 11.3 Å². The molecular weight excluding hydrogens is 676 g/mol. The van der Waals surface area contributed by atoms with E-state index < -0.39 is 11.7 Å². The first-order valence-corrected chi connectivity index (χ1v) is 17.7. The van der Waals surface area contributed by atoms with Crippen molar-refractivity contribution in [3.63, 3.8) is 0 Å². The fourth-order valence-electron chi connectivity index (χ4n) is 7.93. The summed E-state index contributed by atoms with van der Waals surface area (Å²) in [6.07, 6.45) is -4.47. The molecule has 8 heteroatoms. The topological polar surface area (TPSA) is 35.9 Å². The minimum Gasteiger partial charge on any atom is -0.456 e. The van der Waals surface area contributed by atoms with Crippen molar-refractivity contribution in [3.05, 3.63) is 151 Å². The molecule has 11 aromatic rings. The van der Waals surface area contributed by atoms with E-state index in [2.05, 4.69) is 76.3 Å². The highest BCUT2D eigenvalue weighted by Crippen LogP contribution is 2.41. The van der Waals surface area contributed by atoms with Crippen LogP contribution in [0.25, 0.3) is 98.3 Å². The van der Waals surface area contributed by atoms with Crippen LogP contribution in [-0.2, 0) is 6.18 Å². The van der Waals surface area contributed by atoms with Gasteiger partial charge >= 0.3 is 6.18 Å². The van der Waals surface area contributed by atoms with Crippen LogP contribution in [0.4, 0.5) is 13.2 Å². The lowest BCUT2D eigenvalue weighted by Crippen LogP contribution is -2.04. The molecule has 0 saturated heterocycles. The zero-order chi connectivity index (χ0) is 34.7. The fourth-order valence-corrected chi connectivity index (χ4v) is 8.59. The number of furan rings is 1. The highest BCUT2D eigenvalue weighted by atomic mass is 32.1. The number of fused-ring (bicyclic) bond motifs is 10. The number of hydrogen-bond acceptors (Lipinski definition) is 3. The van der Waals surface area contributed by atoms with Crippen molar-refractivity contribution < 1.29 is 17.6 Å². The third-order valence-corrected chi connectivity index (χ3v) is 11.1.